The van der Waals surface area contributed by atoms with Crippen LogP contribution < -0.4 is 11.5 Å². The Bertz CT molecular complexity index is 617. The van der Waals surface area contributed by atoms with Crippen molar-refractivity contribution in [1.82, 2.24) is 0 Å². The Morgan fingerprint density at radius 2 is 1.53 bits per heavy atom. The van der Waals surface area contributed by atoms with Gasteiger partial charge in [-0.1, -0.05) is 23.7 Å². The van der Waals surface area contributed by atoms with Crippen molar-refractivity contribution in [2.45, 2.75) is 0 Å². The number of hydrogen-bond acceptors (Lipinski definition) is 2. The van der Waals surface area contributed by atoms with Gasteiger partial charge in [-0.3, -0.25) is 9.59 Å². The molecule has 17 heavy (non-hydrogen) atoms. The molecule has 2 aromatic carbocycles. The van der Waals surface area contributed by atoms with Gasteiger partial charge in [0.05, 0.1) is 0 Å². The molecule has 0 unspecified atom stereocenters. The van der Waals surface area contributed by atoms with E-state index in [0.717, 1.165) is 0 Å². The van der Waals surface area contributed by atoms with Gasteiger partial charge in [-0.25, -0.2) is 0 Å². The number of benzene rings is 2. The summed E-state index contributed by atoms with van der Waals surface area (Å²) in [5.74, 6) is -1.25. The molecule has 0 heterocycles. The number of fused-ring (bicyclic) bond motifs is 1. The SMILES string of the molecule is NC(=O)c1cccc2c(Cl)ccc(C(N)=O)c12. The molecule has 2 rings (SSSR count). The van der Waals surface area contributed by atoms with E-state index < -0.39 is 11.8 Å². The molecule has 0 fully saturated rings. The van der Waals surface area contributed by atoms with Crippen LogP contribution in [0.15, 0.2) is 30.3 Å². The van der Waals surface area contributed by atoms with Crippen molar-refractivity contribution in [3.8, 4) is 0 Å². The van der Waals surface area contributed by atoms with Crippen molar-refractivity contribution in [2.24, 2.45) is 11.5 Å². The van der Waals surface area contributed by atoms with Crippen LogP contribution in [0.25, 0.3) is 10.8 Å². The van der Waals surface area contributed by atoms with Crippen LogP contribution >= 0.6 is 11.6 Å². The van der Waals surface area contributed by atoms with Gasteiger partial charge in [0, 0.05) is 26.9 Å². The number of rotatable bonds is 2. The molecule has 0 spiro atoms. The fraction of sp³-hybridized carbons (Fsp3) is 0. The van der Waals surface area contributed by atoms with Crippen molar-refractivity contribution in [1.29, 1.82) is 0 Å². The summed E-state index contributed by atoms with van der Waals surface area (Å²) in [6.07, 6.45) is 0. The molecular weight excluding hydrogens is 240 g/mol. The molecule has 0 aliphatic carbocycles. The third-order valence-corrected chi connectivity index (χ3v) is 2.85. The highest BCUT2D eigenvalue weighted by Gasteiger charge is 2.15. The van der Waals surface area contributed by atoms with Crippen molar-refractivity contribution < 1.29 is 9.59 Å². The van der Waals surface area contributed by atoms with E-state index in [1.165, 1.54) is 12.1 Å². The lowest BCUT2D eigenvalue weighted by Crippen LogP contribution is -2.16. The minimum absolute atomic E-state index is 0.235. The van der Waals surface area contributed by atoms with Crippen LogP contribution in [0, 0.1) is 0 Å². The van der Waals surface area contributed by atoms with Gasteiger partial charge in [0.1, 0.15) is 0 Å². The van der Waals surface area contributed by atoms with Crippen LogP contribution in [0.4, 0.5) is 0 Å². The molecule has 0 aromatic heterocycles. The lowest BCUT2D eigenvalue weighted by Gasteiger charge is -2.08. The van der Waals surface area contributed by atoms with Crippen LogP contribution in [-0.2, 0) is 0 Å². The van der Waals surface area contributed by atoms with E-state index in [1.807, 2.05) is 0 Å². The summed E-state index contributed by atoms with van der Waals surface area (Å²) in [7, 11) is 0. The smallest absolute Gasteiger partial charge is 0.249 e. The Balaban J connectivity index is 2.99. The highest BCUT2D eigenvalue weighted by atomic mass is 35.5. The summed E-state index contributed by atoms with van der Waals surface area (Å²) in [6, 6.07) is 7.94. The van der Waals surface area contributed by atoms with Crippen LogP contribution in [-0.4, -0.2) is 11.8 Å². The van der Waals surface area contributed by atoms with E-state index in [1.54, 1.807) is 18.2 Å². The van der Waals surface area contributed by atoms with Crippen LogP contribution in [0.2, 0.25) is 5.02 Å². The second-order valence-corrected chi connectivity index (χ2v) is 3.96. The zero-order valence-corrected chi connectivity index (χ0v) is 9.49. The van der Waals surface area contributed by atoms with E-state index in [-0.39, 0.29) is 11.1 Å². The number of amides is 2. The summed E-state index contributed by atoms with van der Waals surface area (Å²) >= 11 is 6.01. The molecule has 0 aliphatic rings. The average molecular weight is 249 g/mol. The summed E-state index contributed by atoms with van der Waals surface area (Å²) in [5, 5.41) is 1.42. The lowest BCUT2D eigenvalue weighted by atomic mass is 9.98. The Morgan fingerprint density at radius 3 is 2.12 bits per heavy atom. The number of hydrogen-bond donors (Lipinski definition) is 2. The molecular formula is C12H9ClN2O2. The Morgan fingerprint density at radius 1 is 0.941 bits per heavy atom. The molecule has 2 amide bonds. The first-order valence-corrected chi connectivity index (χ1v) is 5.21. The van der Waals surface area contributed by atoms with Gasteiger partial charge < -0.3 is 11.5 Å². The number of carbonyl (C=O) groups excluding carboxylic acids is 2. The second kappa shape index (κ2) is 4.07. The molecule has 0 aliphatic heterocycles. The topological polar surface area (TPSA) is 86.2 Å². The monoisotopic (exact) mass is 248 g/mol. The highest BCUT2D eigenvalue weighted by Crippen LogP contribution is 2.29. The number of carbonyl (C=O) groups is 2. The molecule has 0 atom stereocenters. The quantitative estimate of drug-likeness (QED) is 0.847. The summed E-state index contributed by atoms with van der Waals surface area (Å²) in [6.45, 7) is 0. The summed E-state index contributed by atoms with van der Waals surface area (Å²) < 4.78 is 0. The molecule has 2 aromatic rings. The zero-order valence-electron chi connectivity index (χ0n) is 8.74. The number of primary amides is 2. The molecule has 4 N–H and O–H groups in total. The molecule has 0 radical (unpaired) electrons. The largest absolute Gasteiger partial charge is 0.366 e. The standard InChI is InChI=1S/C12H9ClN2O2/c13-9-5-4-8(12(15)17)10-6(9)2-1-3-7(10)11(14)16/h1-5H,(H2,14,16)(H2,15,17). The minimum atomic E-state index is -0.625. The van der Waals surface area contributed by atoms with E-state index in [4.69, 9.17) is 23.1 Å². The van der Waals surface area contributed by atoms with E-state index in [9.17, 15) is 9.59 Å². The minimum Gasteiger partial charge on any atom is -0.366 e. The Kier molecular flexibility index (Phi) is 2.73. The van der Waals surface area contributed by atoms with Crippen molar-refractivity contribution in [3.63, 3.8) is 0 Å². The molecule has 5 heteroatoms. The van der Waals surface area contributed by atoms with Gasteiger partial charge in [-0.2, -0.15) is 0 Å². The van der Waals surface area contributed by atoms with Gasteiger partial charge in [0.2, 0.25) is 11.8 Å². The van der Waals surface area contributed by atoms with Gasteiger partial charge in [0.15, 0.2) is 0 Å². The molecule has 0 saturated heterocycles. The predicted octanol–water partition coefficient (Wildman–Crippen LogP) is 1.69. The van der Waals surface area contributed by atoms with E-state index in [0.29, 0.717) is 15.8 Å². The fourth-order valence-electron chi connectivity index (χ4n) is 1.78. The molecule has 4 nitrogen and oxygen atoms in total. The summed E-state index contributed by atoms with van der Waals surface area (Å²) in [5.41, 5.74) is 11.0. The Labute approximate surface area is 102 Å². The van der Waals surface area contributed by atoms with Crippen molar-refractivity contribution >= 4 is 34.2 Å². The fourth-order valence-corrected chi connectivity index (χ4v) is 2.00. The van der Waals surface area contributed by atoms with Gasteiger partial charge in [0.25, 0.3) is 0 Å². The van der Waals surface area contributed by atoms with Crippen LogP contribution in [0.3, 0.4) is 0 Å². The average Bonchev–Trinajstić information content (AvgIpc) is 2.28. The number of nitrogens with two attached hydrogens (primary N) is 2. The molecule has 0 saturated carbocycles. The maximum atomic E-state index is 11.3. The maximum absolute atomic E-state index is 11.3. The third-order valence-electron chi connectivity index (χ3n) is 2.52. The lowest BCUT2D eigenvalue weighted by molar-refractivity contribution is 0.0998. The van der Waals surface area contributed by atoms with Gasteiger partial charge >= 0.3 is 0 Å². The normalized spacial score (nSPS) is 10.4. The predicted molar refractivity (Wildman–Crippen MR) is 66.0 cm³/mol. The third kappa shape index (κ3) is 1.83. The number of halogens is 1. The molecule has 86 valence electrons. The highest BCUT2D eigenvalue weighted by molar-refractivity contribution is 6.36. The van der Waals surface area contributed by atoms with Gasteiger partial charge in [-0.15, -0.1) is 0 Å². The molecule has 0 bridgehead atoms. The van der Waals surface area contributed by atoms with Crippen molar-refractivity contribution in [2.75, 3.05) is 0 Å². The van der Waals surface area contributed by atoms with Crippen LogP contribution in [0.5, 0.6) is 0 Å². The first-order valence-electron chi connectivity index (χ1n) is 4.83. The zero-order chi connectivity index (χ0) is 12.6. The summed E-state index contributed by atoms with van der Waals surface area (Å²) in [4.78, 5) is 22.7. The second-order valence-electron chi connectivity index (χ2n) is 3.55. The van der Waals surface area contributed by atoms with Crippen LogP contribution in [0.1, 0.15) is 20.7 Å². The van der Waals surface area contributed by atoms with E-state index in [2.05, 4.69) is 0 Å². The first-order chi connectivity index (χ1) is 8.02. The first kappa shape index (κ1) is 11.4. The Hall–Kier alpha value is -2.07. The maximum Gasteiger partial charge on any atom is 0.249 e. The van der Waals surface area contributed by atoms with Crippen molar-refractivity contribution in [3.05, 3.63) is 46.5 Å². The van der Waals surface area contributed by atoms with E-state index >= 15 is 0 Å². The van der Waals surface area contributed by atoms with Gasteiger partial charge in [-0.05, 0) is 18.2 Å².